The highest BCUT2D eigenvalue weighted by molar-refractivity contribution is 7.15. The molecule has 3 heterocycles. The summed E-state index contributed by atoms with van der Waals surface area (Å²) in [6.45, 7) is 0. The maximum atomic E-state index is 12.6. The Morgan fingerprint density at radius 1 is 1.23 bits per heavy atom. The van der Waals surface area contributed by atoms with Crippen LogP contribution >= 0.6 is 22.9 Å². The number of rotatable bonds is 4. The minimum absolute atomic E-state index is 0.134. The van der Waals surface area contributed by atoms with Gasteiger partial charge in [-0.15, -0.1) is 16.4 Å². The number of fused-ring (bicyclic) bond motifs is 1. The van der Waals surface area contributed by atoms with Gasteiger partial charge < -0.3 is 16.4 Å². The first-order chi connectivity index (χ1) is 12.6. The fourth-order valence-corrected chi connectivity index (χ4v) is 4.17. The molecule has 6 nitrogen and oxygen atoms in total. The highest BCUT2D eigenvalue weighted by Crippen LogP contribution is 2.28. The fraction of sp³-hybridized carbons (Fsp3) is 0.333. The van der Waals surface area contributed by atoms with Gasteiger partial charge in [0, 0.05) is 12.1 Å². The van der Waals surface area contributed by atoms with Crippen LogP contribution in [0.2, 0.25) is 4.34 Å². The predicted molar refractivity (Wildman–Crippen MR) is 106 cm³/mol. The monoisotopic (exact) mass is 389 g/mol. The van der Waals surface area contributed by atoms with E-state index in [9.17, 15) is 4.79 Å². The second-order valence-corrected chi connectivity index (χ2v) is 8.05. The molecule has 0 radical (unpaired) electrons. The van der Waals surface area contributed by atoms with E-state index >= 15 is 0 Å². The molecule has 1 aliphatic rings. The van der Waals surface area contributed by atoms with Gasteiger partial charge in [0.25, 0.3) is 5.91 Å². The van der Waals surface area contributed by atoms with E-state index in [1.54, 1.807) is 16.6 Å². The van der Waals surface area contributed by atoms with Crippen molar-refractivity contribution in [3.05, 3.63) is 45.7 Å². The molecular weight excluding hydrogens is 370 g/mol. The minimum atomic E-state index is -0.246. The summed E-state index contributed by atoms with van der Waals surface area (Å²) in [5, 5.41) is 12.7. The Morgan fingerprint density at radius 3 is 2.81 bits per heavy atom. The van der Waals surface area contributed by atoms with Crippen LogP contribution in [0.25, 0.3) is 5.52 Å². The molecule has 1 saturated carbocycles. The Labute approximate surface area is 160 Å². The fourth-order valence-electron chi connectivity index (χ4n) is 3.33. The maximum Gasteiger partial charge on any atom is 0.274 e. The van der Waals surface area contributed by atoms with Crippen LogP contribution < -0.4 is 16.4 Å². The number of amides is 1. The van der Waals surface area contributed by atoms with E-state index in [4.69, 9.17) is 17.3 Å². The Hall–Kier alpha value is -2.09. The normalized spacial score (nSPS) is 20.2. The van der Waals surface area contributed by atoms with Crippen molar-refractivity contribution >= 4 is 45.9 Å². The quantitative estimate of drug-likeness (QED) is 0.630. The lowest BCUT2D eigenvalue weighted by Crippen LogP contribution is -2.42. The van der Waals surface area contributed by atoms with Gasteiger partial charge in [0.1, 0.15) is 15.8 Å². The summed E-state index contributed by atoms with van der Waals surface area (Å²) in [5.74, 6) is 0.475. The lowest BCUT2D eigenvalue weighted by molar-refractivity contribution is 0.102. The van der Waals surface area contributed by atoms with Gasteiger partial charge in [0.05, 0.1) is 11.2 Å². The summed E-state index contributed by atoms with van der Waals surface area (Å²) in [6.07, 6.45) is 4.42. The van der Waals surface area contributed by atoms with E-state index in [-0.39, 0.29) is 18.0 Å². The molecule has 4 rings (SSSR count). The van der Waals surface area contributed by atoms with Crippen LogP contribution in [-0.4, -0.2) is 27.6 Å². The van der Waals surface area contributed by atoms with Crippen molar-refractivity contribution in [1.29, 1.82) is 0 Å². The van der Waals surface area contributed by atoms with E-state index < -0.39 is 0 Å². The number of hydrogen-bond donors (Lipinski definition) is 3. The molecule has 1 aliphatic carbocycles. The number of carbonyl (C=O) groups is 1. The van der Waals surface area contributed by atoms with Gasteiger partial charge in [0.2, 0.25) is 0 Å². The van der Waals surface area contributed by atoms with Crippen LogP contribution in [0.4, 0.5) is 11.5 Å². The number of aromatic nitrogens is 2. The van der Waals surface area contributed by atoms with Crippen LogP contribution in [-0.2, 0) is 0 Å². The molecule has 0 saturated heterocycles. The third-order valence-electron chi connectivity index (χ3n) is 4.76. The first-order valence-corrected chi connectivity index (χ1v) is 9.93. The molecule has 0 aromatic carbocycles. The Morgan fingerprint density at radius 2 is 2.04 bits per heavy atom. The number of halogens is 1. The summed E-state index contributed by atoms with van der Waals surface area (Å²) in [7, 11) is 0. The average molecular weight is 390 g/mol. The van der Waals surface area contributed by atoms with Crippen molar-refractivity contribution in [3.63, 3.8) is 0 Å². The average Bonchev–Trinajstić information content (AvgIpc) is 3.23. The van der Waals surface area contributed by atoms with Gasteiger partial charge in [-0.3, -0.25) is 4.79 Å². The van der Waals surface area contributed by atoms with Crippen LogP contribution in [0.5, 0.6) is 0 Å². The molecule has 26 heavy (non-hydrogen) atoms. The zero-order valence-electron chi connectivity index (χ0n) is 14.1. The van der Waals surface area contributed by atoms with E-state index in [1.165, 1.54) is 24.2 Å². The maximum absolute atomic E-state index is 12.6. The van der Waals surface area contributed by atoms with Gasteiger partial charge in [-0.2, -0.15) is 0 Å². The number of nitrogens with zero attached hydrogens (tertiary/aromatic N) is 2. The van der Waals surface area contributed by atoms with Crippen LogP contribution in [0.15, 0.2) is 35.7 Å². The van der Waals surface area contributed by atoms with Crippen LogP contribution in [0.3, 0.4) is 0 Å². The second kappa shape index (κ2) is 7.26. The first-order valence-electron chi connectivity index (χ1n) is 8.67. The van der Waals surface area contributed by atoms with Gasteiger partial charge in [-0.05, 0) is 48.6 Å². The second-order valence-electron chi connectivity index (χ2n) is 6.54. The van der Waals surface area contributed by atoms with Crippen molar-refractivity contribution in [2.24, 2.45) is 5.73 Å². The van der Waals surface area contributed by atoms with Crippen molar-refractivity contribution < 1.29 is 4.79 Å². The molecule has 0 unspecified atom stereocenters. The predicted octanol–water partition coefficient (Wildman–Crippen LogP) is 3.98. The number of hydrogen-bond acceptors (Lipinski definition) is 5. The van der Waals surface area contributed by atoms with Crippen molar-refractivity contribution in [2.75, 3.05) is 10.6 Å². The molecule has 2 atom stereocenters. The lowest BCUT2D eigenvalue weighted by atomic mass is 9.91. The molecule has 8 heteroatoms. The molecule has 136 valence electrons. The Bertz CT molecular complexity index is 937. The van der Waals surface area contributed by atoms with E-state index in [0.29, 0.717) is 15.7 Å². The Balaban J connectivity index is 1.58. The van der Waals surface area contributed by atoms with E-state index in [0.717, 1.165) is 24.2 Å². The lowest BCUT2D eigenvalue weighted by Gasteiger charge is -2.29. The topological polar surface area (TPSA) is 84.4 Å². The summed E-state index contributed by atoms with van der Waals surface area (Å²) in [5.41, 5.74) is 8.13. The van der Waals surface area contributed by atoms with Crippen LogP contribution in [0, 0.1) is 0 Å². The SMILES string of the molecule is N[C@H]1CCCC[C@H]1Nc1ccc2ccc(C(=O)Nc3ccsc3Cl)n2n1. The van der Waals surface area contributed by atoms with E-state index in [1.807, 2.05) is 23.6 Å². The van der Waals surface area contributed by atoms with Crippen LogP contribution in [0.1, 0.15) is 36.2 Å². The number of nitrogens with two attached hydrogens (primary N) is 1. The summed E-state index contributed by atoms with van der Waals surface area (Å²) in [6, 6.07) is 9.62. The zero-order chi connectivity index (χ0) is 18.1. The minimum Gasteiger partial charge on any atom is -0.364 e. The molecule has 0 spiro atoms. The van der Waals surface area contributed by atoms with E-state index in [2.05, 4.69) is 15.7 Å². The third kappa shape index (κ3) is 3.42. The van der Waals surface area contributed by atoms with Gasteiger partial charge in [-0.1, -0.05) is 24.4 Å². The number of carbonyl (C=O) groups excluding carboxylic acids is 1. The highest BCUT2D eigenvalue weighted by atomic mass is 35.5. The third-order valence-corrected chi connectivity index (χ3v) is 5.93. The molecule has 3 aromatic heterocycles. The molecule has 0 bridgehead atoms. The van der Waals surface area contributed by atoms with Gasteiger partial charge in [0.15, 0.2) is 0 Å². The molecule has 3 aromatic rings. The standard InChI is InChI=1S/C18H20ClN5OS/c19-17-14(9-10-26-17)22-18(25)15-7-5-11-6-8-16(23-24(11)15)21-13-4-2-1-3-12(13)20/h5-10,12-13H,1-4,20H2,(H,21,23)(H,22,25)/t12-,13+/m0/s1. The first kappa shape index (κ1) is 17.3. The molecule has 4 N–H and O–H groups in total. The molecule has 1 amide bonds. The Kier molecular flexibility index (Phi) is 4.84. The largest absolute Gasteiger partial charge is 0.364 e. The zero-order valence-corrected chi connectivity index (χ0v) is 15.7. The van der Waals surface area contributed by atoms with Crippen molar-refractivity contribution in [3.8, 4) is 0 Å². The molecular formula is C18H20ClN5OS. The van der Waals surface area contributed by atoms with Gasteiger partial charge in [-0.25, -0.2) is 4.52 Å². The summed E-state index contributed by atoms with van der Waals surface area (Å²) >= 11 is 7.45. The number of thiophene rings is 1. The highest BCUT2D eigenvalue weighted by Gasteiger charge is 2.22. The smallest absolute Gasteiger partial charge is 0.274 e. The van der Waals surface area contributed by atoms with Gasteiger partial charge >= 0.3 is 0 Å². The molecule has 0 aliphatic heterocycles. The van der Waals surface area contributed by atoms with Crippen molar-refractivity contribution in [1.82, 2.24) is 9.61 Å². The summed E-state index contributed by atoms with van der Waals surface area (Å²) in [4.78, 5) is 12.6. The molecule has 1 fully saturated rings. The number of nitrogens with one attached hydrogen (secondary N) is 2. The number of anilines is 2. The van der Waals surface area contributed by atoms with Crippen molar-refractivity contribution in [2.45, 2.75) is 37.8 Å². The summed E-state index contributed by atoms with van der Waals surface area (Å²) < 4.78 is 2.20.